The van der Waals surface area contributed by atoms with Crippen LogP contribution < -0.4 is 25.0 Å². The van der Waals surface area contributed by atoms with E-state index < -0.39 is 34.5 Å². The Morgan fingerprint density at radius 3 is 2.26 bits per heavy atom. The molecule has 1 amide bonds. The number of anilines is 1. The maximum absolute atomic E-state index is 15.2. The number of rotatable bonds is 8. The summed E-state index contributed by atoms with van der Waals surface area (Å²) in [5, 5.41) is 12.7. The molecule has 218 valence electrons. The van der Waals surface area contributed by atoms with Crippen molar-refractivity contribution in [1.82, 2.24) is 9.55 Å². The summed E-state index contributed by atoms with van der Waals surface area (Å²) in [7, 11) is 4.33. The number of carboxylic acid groups (broad SMARTS) is 1. The van der Waals surface area contributed by atoms with Gasteiger partial charge in [0.15, 0.2) is 23.1 Å². The van der Waals surface area contributed by atoms with Gasteiger partial charge in [-0.1, -0.05) is 12.1 Å². The van der Waals surface area contributed by atoms with Crippen molar-refractivity contribution in [3.8, 4) is 34.1 Å². The number of aromatic nitrogens is 2. The highest BCUT2D eigenvalue weighted by atomic mass is 19.1. The van der Waals surface area contributed by atoms with Gasteiger partial charge < -0.3 is 29.2 Å². The van der Waals surface area contributed by atoms with Crippen LogP contribution in [0.4, 0.5) is 14.5 Å². The van der Waals surface area contributed by atoms with E-state index in [-0.39, 0.29) is 34.0 Å². The monoisotopic (exact) mass is 587 g/mol. The van der Waals surface area contributed by atoms with Crippen LogP contribution >= 0.6 is 0 Å². The van der Waals surface area contributed by atoms with Gasteiger partial charge in [0.25, 0.3) is 5.91 Å². The summed E-state index contributed by atoms with van der Waals surface area (Å²) in [6.45, 7) is 0. The number of amides is 1. The quantitative estimate of drug-likeness (QED) is 0.239. The molecule has 0 unspecified atom stereocenters. The Morgan fingerprint density at radius 1 is 0.907 bits per heavy atom. The van der Waals surface area contributed by atoms with Crippen LogP contribution in [0.25, 0.3) is 22.0 Å². The van der Waals surface area contributed by atoms with Crippen LogP contribution in [0.3, 0.4) is 0 Å². The SMILES string of the molecule is COc1cc2nccc(Oc3ccc(NC(=O)c4cn(C)c(C(=O)O)c(-c5ccc(F)cc5)c4=O)cc3F)c2cc1OC. The van der Waals surface area contributed by atoms with Crippen LogP contribution in [0.5, 0.6) is 23.0 Å². The highest BCUT2D eigenvalue weighted by Gasteiger charge is 2.24. The molecule has 10 nitrogen and oxygen atoms in total. The molecule has 0 spiro atoms. The fraction of sp³-hybridized carbons (Fsp3) is 0.0968. The third-order valence-corrected chi connectivity index (χ3v) is 6.58. The van der Waals surface area contributed by atoms with Crippen LogP contribution in [0, 0.1) is 11.6 Å². The third kappa shape index (κ3) is 5.58. The molecule has 0 atom stereocenters. The van der Waals surface area contributed by atoms with E-state index in [0.717, 1.165) is 29.0 Å². The Morgan fingerprint density at radius 2 is 1.60 bits per heavy atom. The second-order valence-corrected chi connectivity index (χ2v) is 9.25. The van der Waals surface area contributed by atoms with Gasteiger partial charge in [-0.25, -0.2) is 13.6 Å². The number of benzene rings is 3. The highest BCUT2D eigenvalue weighted by Crippen LogP contribution is 2.37. The van der Waals surface area contributed by atoms with Gasteiger partial charge in [0, 0.05) is 42.6 Å². The fourth-order valence-corrected chi connectivity index (χ4v) is 4.55. The maximum Gasteiger partial charge on any atom is 0.353 e. The number of hydrogen-bond donors (Lipinski definition) is 2. The molecular weight excluding hydrogens is 564 g/mol. The Hall–Kier alpha value is -5.78. The lowest BCUT2D eigenvalue weighted by atomic mass is 10.00. The molecule has 0 saturated carbocycles. The smallest absolute Gasteiger partial charge is 0.353 e. The number of aryl methyl sites for hydroxylation is 1. The number of carbonyl (C=O) groups excluding carboxylic acids is 1. The minimum Gasteiger partial charge on any atom is -0.493 e. The second kappa shape index (κ2) is 11.6. The van der Waals surface area contributed by atoms with Gasteiger partial charge >= 0.3 is 5.97 Å². The Labute approximate surface area is 242 Å². The van der Waals surface area contributed by atoms with Crippen LogP contribution in [0.2, 0.25) is 0 Å². The number of aromatic carboxylic acids is 1. The van der Waals surface area contributed by atoms with Crippen LogP contribution in [-0.2, 0) is 7.05 Å². The Bertz CT molecular complexity index is 1960. The summed E-state index contributed by atoms with van der Waals surface area (Å²) in [5.74, 6) is -2.70. The molecule has 5 aromatic rings. The highest BCUT2D eigenvalue weighted by molar-refractivity contribution is 6.06. The molecule has 0 fully saturated rings. The predicted octanol–water partition coefficient (Wildman–Crippen LogP) is 5.64. The molecule has 0 aliphatic heterocycles. The lowest BCUT2D eigenvalue weighted by Crippen LogP contribution is -2.27. The number of hydrogen-bond acceptors (Lipinski definition) is 7. The van der Waals surface area contributed by atoms with Gasteiger partial charge in [0.2, 0.25) is 5.43 Å². The third-order valence-electron chi connectivity index (χ3n) is 6.58. The molecule has 0 bridgehead atoms. The van der Waals surface area contributed by atoms with E-state index >= 15 is 4.39 Å². The molecule has 2 N–H and O–H groups in total. The van der Waals surface area contributed by atoms with Crippen molar-refractivity contribution in [1.29, 1.82) is 0 Å². The van der Waals surface area contributed by atoms with Crippen molar-refractivity contribution < 1.29 is 37.7 Å². The maximum atomic E-state index is 15.2. The van der Waals surface area contributed by atoms with Gasteiger partial charge in [0.05, 0.1) is 25.3 Å². The molecule has 2 aromatic heterocycles. The largest absolute Gasteiger partial charge is 0.493 e. The zero-order chi connectivity index (χ0) is 30.8. The molecule has 0 aliphatic carbocycles. The minimum absolute atomic E-state index is 0.00791. The molecule has 3 aromatic carbocycles. The lowest BCUT2D eigenvalue weighted by molar-refractivity contribution is 0.0685. The number of nitrogens with one attached hydrogen (secondary N) is 1. The molecule has 5 rings (SSSR count). The standard InChI is InChI=1S/C31H23F2N3O7/c1-36-15-20(29(37)27(28(36)31(39)40)16-4-6-17(32)7-5-16)30(38)35-18-8-9-24(21(33)12-18)43-23-10-11-34-22-14-26(42-3)25(41-2)13-19(22)23/h4-15H,1-3H3,(H,35,38)(H,39,40). The number of nitrogens with zero attached hydrogens (tertiary/aromatic N) is 2. The number of halogens is 2. The van der Waals surface area contributed by atoms with Crippen LogP contribution in [-0.4, -0.2) is 40.8 Å². The predicted molar refractivity (Wildman–Crippen MR) is 153 cm³/mol. The summed E-state index contributed by atoms with van der Waals surface area (Å²) in [5.41, 5.74) is -1.33. The first-order valence-electron chi connectivity index (χ1n) is 12.6. The zero-order valence-corrected chi connectivity index (χ0v) is 23.0. The van der Waals surface area contributed by atoms with E-state index in [9.17, 15) is 23.9 Å². The van der Waals surface area contributed by atoms with Gasteiger partial charge in [-0.3, -0.25) is 14.6 Å². The summed E-state index contributed by atoms with van der Waals surface area (Å²) >= 11 is 0. The van der Waals surface area contributed by atoms with Crippen molar-refractivity contribution in [2.45, 2.75) is 0 Å². The number of pyridine rings is 2. The van der Waals surface area contributed by atoms with Crippen molar-refractivity contribution in [2.75, 3.05) is 19.5 Å². The molecule has 0 aliphatic rings. The average Bonchev–Trinajstić information content (AvgIpc) is 2.99. The van der Waals surface area contributed by atoms with Crippen molar-refractivity contribution in [3.63, 3.8) is 0 Å². The first-order chi connectivity index (χ1) is 20.6. The molecule has 0 radical (unpaired) electrons. The molecular formula is C31H23F2N3O7. The van der Waals surface area contributed by atoms with Crippen LogP contribution in [0.15, 0.2) is 77.9 Å². The fourth-order valence-electron chi connectivity index (χ4n) is 4.55. The van der Waals surface area contributed by atoms with E-state index in [0.29, 0.717) is 22.4 Å². The summed E-state index contributed by atoms with van der Waals surface area (Å²) < 4.78 is 46.2. The zero-order valence-electron chi connectivity index (χ0n) is 23.0. The van der Waals surface area contributed by atoms with E-state index in [1.165, 1.54) is 51.7 Å². The van der Waals surface area contributed by atoms with Gasteiger partial charge in [-0.2, -0.15) is 0 Å². The van der Waals surface area contributed by atoms with Crippen molar-refractivity contribution in [2.24, 2.45) is 7.05 Å². The van der Waals surface area contributed by atoms with E-state index in [4.69, 9.17) is 14.2 Å². The Balaban J connectivity index is 1.45. The number of methoxy groups -OCH3 is 2. The molecule has 12 heteroatoms. The Kier molecular flexibility index (Phi) is 7.76. The molecule has 2 heterocycles. The van der Waals surface area contributed by atoms with Gasteiger partial charge in [-0.05, 0) is 42.0 Å². The second-order valence-electron chi connectivity index (χ2n) is 9.25. The lowest BCUT2D eigenvalue weighted by Gasteiger charge is -2.15. The number of ether oxygens (including phenoxy) is 3. The van der Waals surface area contributed by atoms with Crippen molar-refractivity contribution >= 4 is 28.5 Å². The number of carbonyl (C=O) groups is 2. The first-order valence-corrected chi connectivity index (χ1v) is 12.6. The normalized spacial score (nSPS) is 10.8. The van der Waals surface area contributed by atoms with E-state index in [1.54, 1.807) is 18.2 Å². The van der Waals surface area contributed by atoms with Gasteiger partial charge in [0.1, 0.15) is 22.8 Å². The number of carboxylic acids is 1. The van der Waals surface area contributed by atoms with E-state index in [1.807, 2.05) is 0 Å². The molecule has 43 heavy (non-hydrogen) atoms. The van der Waals surface area contributed by atoms with Crippen molar-refractivity contribution in [3.05, 3.63) is 106 Å². The number of fused-ring (bicyclic) bond motifs is 1. The summed E-state index contributed by atoms with van der Waals surface area (Å²) in [4.78, 5) is 42.7. The topological polar surface area (TPSA) is 129 Å². The summed E-state index contributed by atoms with van der Waals surface area (Å²) in [6, 6.07) is 13.2. The van der Waals surface area contributed by atoms with E-state index in [2.05, 4.69) is 10.3 Å². The summed E-state index contributed by atoms with van der Waals surface area (Å²) in [6.07, 6.45) is 2.56. The molecule has 0 saturated heterocycles. The minimum atomic E-state index is -1.41. The van der Waals surface area contributed by atoms with Crippen LogP contribution in [0.1, 0.15) is 20.8 Å². The van der Waals surface area contributed by atoms with Gasteiger partial charge in [-0.15, -0.1) is 0 Å². The average molecular weight is 588 g/mol. The first kappa shape index (κ1) is 28.7.